The summed E-state index contributed by atoms with van der Waals surface area (Å²) >= 11 is 0. The lowest BCUT2D eigenvalue weighted by atomic mass is 10.1. The van der Waals surface area contributed by atoms with E-state index in [1.165, 1.54) is 6.92 Å². The van der Waals surface area contributed by atoms with Gasteiger partial charge in [-0.25, -0.2) is 8.78 Å². The van der Waals surface area contributed by atoms with Gasteiger partial charge in [0.1, 0.15) is 6.61 Å². The molecule has 0 aromatic heterocycles. The molecule has 1 rings (SSSR count). The maximum absolute atomic E-state index is 13.4. The fraction of sp³-hybridized carbons (Fsp3) is 0.500. The van der Waals surface area contributed by atoms with Gasteiger partial charge in [0.25, 0.3) is 0 Å². The number of aliphatic hydroxyl groups is 2. The van der Waals surface area contributed by atoms with Crippen LogP contribution in [0.1, 0.15) is 25.8 Å². The molecular formula is C12H16F2O3. The molecule has 2 N–H and O–H groups in total. The summed E-state index contributed by atoms with van der Waals surface area (Å²) in [4.78, 5) is 0. The number of aliphatic hydroxyl groups excluding tert-OH is 1. The third-order valence-corrected chi connectivity index (χ3v) is 2.53. The molecule has 0 radical (unpaired) electrons. The first-order chi connectivity index (χ1) is 7.89. The predicted molar refractivity (Wildman–Crippen MR) is 58.7 cm³/mol. The van der Waals surface area contributed by atoms with Gasteiger partial charge >= 0.3 is 0 Å². The maximum Gasteiger partial charge on any atom is 0.190 e. The summed E-state index contributed by atoms with van der Waals surface area (Å²) in [6.45, 7) is 2.62. The van der Waals surface area contributed by atoms with Crippen molar-refractivity contribution in [1.82, 2.24) is 0 Å². The molecule has 0 bridgehead atoms. The van der Waals surface area contributed by atoms with Crippen molar-refractivity contribution in [2.75, 3.05) is 6.61 Å². The Labute approximate surface area is 98.7 Å². The van der Waals surface area contributed by atoms with E-state index >= 15 is 0 Å². The van der Waals surface area contributed by atoms with Gasteiger partial charge in [0, 0.05) is 0 Å². The Morgan fingerprint density at radius 1 is 1.29 bits per heavy atom. The van der Waals surface area contributed by atoms with E-state index in [1.807, 2.05) is 0 Å². The Bertz CT molecular complexity index is 368. The Morgan fingerprint density at radius 2 is 1.82 bits per heavy atom. The summed E-state index contributed by atoms with van der Waals surface area (Å²) in [6.07, 6.45) is 0.408. The van der Waals surface area contributed by atoms with Gasteiger partial charge in [-0.05, 0) is 31.0 Å². The molecule has 0 aliphatic carbocycles. The highest BCUT2D eigenvalue weighted by Crippen LogP contribution is 2.24. The van der Waals surface area contributed by atoms with E-state index in [9.17, 15) is 13.9 Å². The quantitative estimate of drug-likeness (QED) is 0.835. The third kappa shape index (κ3) is 3.64. The van der Waals surface area contributed by atoms with Gasteiger partial charge < -0.3 is 14.9 Å². The minimum Gasteiger partial charge on any atom is -0.485 e. The molecule has 0 amide bonds. The molecule has 1 aromatic rings. The standard InChI is InChI=1S/C12H16F2O3/c1-3-12(2,16)7-17-11-9(13)4-8(6-15)5-10(11)14/h4-5,15-16H,3,6-7H2,1-2H3. The summed E-state index contributed by atoms with van der Waals surface area (Å²) in [6, 6.07) is 2.00. The SMILES string of the molecule is CCC(C)(O)COc1c(F)cc(CO)cc1F. The highest BCUT2D eigenvalue weighted by molar-refractivity contribution is 5.31. The average Bonchev–Trinajstić information content (AvgIpc) is 2.27. The number of halogens is 2. The molecule has 0 heterocycles. The van der Waals surface area contributed by atoms with E-state index in [1.54, 1.807) is 6.92 Å². The van der Waals surface area contributed by atoms with Crippen LogP contribution in [-0.4, -0.2) is 22.4 Å². The highest BCUT2D eigenvalue weighted by Gasteiger charge is 2.21. The molecule has 1 aromatic carbocycles. The van der Waals surface area contributed by atoms with Crippen LogP contribution in [-0.2, 0) is 6.61 Å². The summed E-state index contributed by atoms with van der Waals surface area (Å²) in [5, 5.41) is 18.4. The van der Waals surface area contributed by atoms with Crippen LogP contribution >= 0.6 is 0 Å². The lowest BCUT2D eigenvalue weighted by Crippen LogP contribution is -2.31. The van der Waals surface area contributed by atoms with E-state index < -0.39 is 29.6 Å². The van der Waals surface area contributed by atoms with Gasteiger partial charge in [-0.2, -0.15) is 0 Å². The first-order valence-electron chi connectivity index (χ1n) is 5.33. The van der Waals surface area contributed by atoms with Crippen LogP contribution in [0.5, 0.6) is 5.75 Å². The minimum absolute atomic E-state index is 0.134. The van der Waals surface area contributed by atoms with Crippen molar-refractivity contribution in [2.45, 2.75) is 32.5 Å². The van der Waals surface area contributed by atoms with Gasteiger partial charge in [-0.3, -0.25) is 0 Å². The molecule has 0 fully saturated rings. The van der Waals surface area contributed by atoms with Gasteiger partial charge in [0.05, 0.1) is 12.2 Å². The van der Waals surface area contributed by atoms with E-state index in [-0.39, 0.29) is 12.2 Å². The van der Waals surface area contributed by atoms with Crippen LogP contribution in [0.4, 0.5) is 8.78 Å². The van der Waals surface area contributed by atoms with Crippen molar-refractivity contribution in [1.29, 1.82) is 0 Å². The van der Waals surface area contributed by atoms with Crippen LogP contribution in [0.2, 0.25) is 0 Å². The van der Waals surface area contributed by atoms with Crippen molar-refractivity contribution >= 4 is 0 Å². The van der Waals surface area contributed by atoms with Crippen LogP contribution < -0.4 is 4.74 Å². The van der Waals surface area contributed by atoms with E-state index in [2.05, 4.69) is 0 Å². The average molecular weight is 246 g/mol. The lowest BCUT2D eigenvalue weighted by Gasteiger charge is -2.21. The molecule has 0 saturated heterocycles. The second-order valence-electron chi connectivity index (χ2n) is 4.19. The van der Waals surface area contributed by atoms with Gasteiger partial charge in [0.15, 0.2) is 17.4 Å². The van der Waals surface area contributed by atoms with Crippen LogP contribution in [0.3, 0.4) is 0 Å². The first-order valence-corrected chi connectivity index (χ1v) is 5.33. The molecule has 0 spiro atoms. The number of ether oxygens (including phenoxy) is 1. The predicted octanol–water partition coefficient (Wildman–Crippen LogP) is 2.00. The van der Waals surface area contributed by atoms with Crippen molar-refractivity contribution < 1.29 is 23.7 Å². The first kappa shape index (κ1) is 13.9. The molecule has 1 atom stereocenters. The second kappa shape index (κ2) is 5.42. The Balaban J connectivity index is 2.85. The van der Waals surface area contributed by atoms with Gasteiger partial charge in [-0.1, -0.05) is 6.92 Å². The number of rotatable bonds is 5. The van der Waals surface area contributed by atoms with Crippen molar-refractivity contribution in [3.05, 3.63) is 29.3 Å². The summed E-state index contributed by atoms with van der Waals surface area (Å²) in [5.41, 5.74) is -0.997. The monoisotopic (exact) mass is 246 g/mol. The van der Waals surface area contributed by atoms with Crippen LogP contribution in [0, 0.1) is 11.6 Å². The molecule has 5 heteroatoms. The molecule has 17 heavy (non-hydrogen) atoms. The zero-order chi connectivity index (χ0) is 13.1. The molecular weight excluding hydrogens is 230 g/mol. The molecule has 0 aliphatic rings. The minimum atomic E-state index is -1.13. The van der Waals surface area contributed by atoms with Gasteiger partial charge in [0.2, 0.25) is 0 Å². The number of hydrogen-bond donors (Lipinski definition) is 2. The smallest absolute Gasteiger partial charge is 0.190 e. The van der Waals surface area contributed by atoms with Crippen molar-refractivity contribution in [3.63, 3.8) is 0 Å². The zero-order valence-corrected chi connectivity index (χ0v) is 9.83. The Hall–Kier alpha value is -1.20. The second-order valence-corrected chi connectivity index (χ2v) is 4.19. The van der Waals surface area contributed by atoms with Crippen molar-refractivity contribution in [3.8, 4) is 5.75 Å². The molecule has 96 valence electrons. The highest BCUT2D eigenvalue weighted by atomic mass is 19.1. The third-order valence-electron chi connectivity index (χ3n) is 2.53. The largest absolute Gasteiger partial charge is 0.485 e. The van der Waals surface area contributed by atoms with E-state index in [0.29, 0.717) is 6.42 Å². The Kier molecular flexibility index (Phi) is 4.42. The maximum atomic E-state index is 13.4. The normalized spacial score (nSPS) is 14.5. The molecule has 0 saturated carbocycles. The summed E-state index contributed by atoms with van der Waals surface area (Å²) in [7, 11) is 0. The van der Waals surface area contributed by atoms with E-state index in [0.717, 1.165) is 12.1 Å². The number of hydrogen-bond acceptors (Lipinski definition) is 3. The topological polar surface area (TPSA) is 49.7 Å². The van der Waals surface area contributed by atoms with Crippen LogP contribution in [0.25, 0.3) is 0 Å². The molecule has 3 nitrogen and oxygen atoms in total. The van der Waals surface area contributed by atoms with E-state index in [4.69, 9.17) is 9.84 Å². The van der Waals surface area contributed by atoms with Crippen molar-refractivity contribution in [2.24, 2.45) is 0 Å². The zero-order valence-electron chi connectivity index (χ0n) is 9.83. The summed E-state index contributed by atoms with van der Waals surface area (Å²) in [5.74, 6) is -2.31. The fourth-order valence-electron chi connectivity index (χ4n) is 1.17. The van der Waals surface area contributed by atoms with Crippen LogP contribution in [0.15, 0.2) is 12.1 Å². The molecule has 0 aliphatic heterocycles. The summed E-state index contributed by atoms with van der Waals surface area (Å²) < 4.78 is 31.8. The molecule has 1 unspecified atom stereocenters. The number of benzene rings is 1. The Morgan fingerprint density at radius 3 is 2.24 bits per heavy atom. The lowest BCUT2D eigenvalue weighted by molar-refractivity contribution is 0.00609. The van der Waals surface area contributed by atoms with Gasteiger partial charge in [-0.15, -0.1) is 0 Å². The fourth-order valence-corrected chi connectivity index (χ4v) is 1.17.